The van der Waals surface area contributed by atoms with Crippen LogP contribution in [-0.4, -0.2) is 23.6 Å². The first-order valence-electron chi connectivity index (χ1n) is 8.04. The van der Waals surface area contributed by atoms with E-state index in [0.717, 1.165) is 16.5 Å². The number of hydrogen-bond acceptors (Lipinski definition) is 7. The summed E-state index contributed by atoms with van der Waals surface area (Å²) in [7, 11) is -3.67. The standard InChI is InChI=1S/C18H15N5O2S2/c1-12-15-4-2-3-5-16(15)17(22-21-12)20-13-6-8-14(9-7-13)27(24,25)23-18-19-10-11-26-18/h2-11H,1H3,(H,19,23)(H,20,22). The van der Waals surface area contributed by atoms with Crippen LogP contribution in [0.5, 0.6) is 0 Å². The molecule has 0 radical (unpaired) electrons. The van der Waals surface area contributed by atoms with E-state index in [2.05, 4.69) is 25.2 Å². The number of aromatic nitrogens is 3. The third-order valence-electron chi connectivity index (χ3n) is 3.95. The molecule has 0 fully saturated rings. The molecule has 0 atom stereocenters. The van der Waals surface area contributed by atoms with Crippen molar-refractivity contribution in [1.82, 2.24) is 15.2 Å². The molecule has 2 N–H and O–H groups in total. The summed E-state index contributed by atoms with van der Waals surface area (Å²) in [6.07, 6.45) is 1.54. The molecule has 9 heteroatoms. The SMILES string of the molecule is Cc1nnc(Nc2ccc(S(=O)(=O)Nc3nccs3)cc2)c2ccccc12. The van der Waals surface area contributed by atoms with Gasteiger partial charge in [-0.1, -0.05) is 24.3 Å². The van der Waals surface area contributed by atoms with Crippen LogP contribution >= 0.6 is 11.3 Å². The Labute approximate surface area is 160 Å². The topological polar surface area (TPSA) is 96.9 Å². The highest BCUT2D eigenvalue weighted by Crippen LogP contribution is 2.26. The van der Waals surface area contributed by atoms with Crippen LogP contribution < -0.4 is 10.0 Å². The minimum atomic E-state index is -3.67. The van der Waals surface area contributed by atoms with Crippen LogP contribution in [-0.2, 0) is 10.0 Å². The Bertz CT molecular complexity index is 1190. The molecule has 0 unspecified atom stereocenters. The zero-order valence-electron chi connectivity index (χ0n) is 14.2. The third kappa shape index (κ3) is 3.60. The molecule has 4 rings (SSSR count). The Kier molecular flexibility index (Phi) is 4.46. The van der Waals surface area contributed by atoms with Gasteiger partial charge in [0.15, 0.2) is 10.9 Å². The quantitative estimate of drug-likeness (QED) is 0.529. The van der Waals surface area contributed by atoms with Gasteiger partial charge in [0, 0.05) is 28.0 Å². The number of rotatable bonds is 5. The van der Waals surface area contributed by atoms with E-state index in [0.29, 0.717) is 16.6 Å². The zero-order chi connectivity index (χ0) is 18.9. The first-order chi connectivity index (χ1) is 13.0. The molecule has 0 saturated carbocycles. The fraction of sp³-hybridized carbons (Fsp3) is 0.0556. The minimum Gasteiger partial charge on any atom is -0.338 e. The summed E-state index contributed by atoms with van der Waals surface area (Å²) in [6.45, 7) is 1.91. The highest BCUT2D eigenvalue weighted by Gasteiger charge is 2.15. The van der Waals surface area contributed by atoms with Gasteiger partial charge in [0.25, 0.3) is 10.0 Å². The van der Waals surface area contributed by atoms with Crippen LogP contribution in [0.25, 0.3) is 10.8 Å². The smallest absolute Gasteiger partial charge is 0.263 e. The summed E-state index contributed by atoms with van der Waals surface area (Å²) in [5.74, 6) is 0.618. The number of anilines is 3. The molecule has 0 aliphatic heterocycles. The first-order valence-corrected chi connectivity index (χ1v) is 10.4. The summed E-state index contributed by atoms with van der Waals surface area (Å²) in [6, 6.07) is 14.3. The maximum atomic E-state index is 12.4. The van der Waals surface area contributed by atoms with E-state index in [1.807, 2.05) is 31.2 Å². The lowest BCUT2D eigenvalue weighted by Gasteiger charge is -2.10. The summed E-state index contributed by atoms with van der Waals surface area (Å²) in [5, 5.41) is 15.6. The van der Waals surface area contributed by atoms with Gasteiger partial charge in [0.2, 0.25) is 0 Å². The van der Waals surface area contributed by atoms with E-state index in [-0.39, 0.29) is 4.90 Å². The molecule has 2 aromatic carbocycles. The molecule has 0 aliphatic carbocycles. The van der Waals surface area contributed by atoms with Crippen LogP contribution in [0.4, 0.5) is 16.6 Å². The molecule has 0 bridgehead atoms. The number of aryl methyl sites for hydroxylation is 1. The number of nitrogens with one attached hydrogen (secondary N) is 2. The van der Waals surface area contributed by atoms with Gasteiger partial charge in [-0.25, -0.2) is 13.4 Å². The molecular weight excluding hydrogens is 382 g/mol. The van der Waals surface area contributed by atoms with E-state index in [1.165, 1.54) is 23.5 Å². The molecule has 136 valence electrons. The Morgan fingerprint density at radius 3 is 2.41 bits per heavy atom. The lowest BCUT2D eigenvalue weighted by Crippen LogP contribution is -2.12. The highest BCUT2D eigenvalue weighted by molar-refractivity contribution is 7.93. The van der Waals surface area contributed by atoms with Crippen molar-refractivity contribution >= 4 is 48.8 Å². The molecule has 27 heavy (non-hydrogen) atoms. The van der Waals surface area contributed by atoms with Crippen LogP contribution in [0.3, 0.4) is 0 Å². The number of thiazole rings is 1. The average molecular weight is 397 g/mol. The van der Waals surface area contributed by atoms with Crippen molar-refractivity contribution in [1.29, 1.82) is 0 Å². The number of nitrogens with zero attached hydrogens (tertiary/aromatic N) is 3. The highest BCUT2D eigenvalue weighted by atomic mass is 32.2. The van der Waals surface area contributed by atoms with Crippen LogP contribution in [0, 0.1) is 6.92 Å². The van der Waals surface area contributed by atoms with Gasteiger partial charge in [-0.2, -0.15) is 5.10 Å². The van der Waals surface area contributed by atoms with Crippen molar-refractivity contribution < 1.29 is 8.42 Å². The Balaban J connectivity index is 1.59. The number of hydrogen-bond donors (Lipinski definition) is 2. The van der Waals surface area contributed by atoms with Gasteiger partial charge < -0.3 is 5.32 Å². The lowest BCUT2D eigenvalue weighted by molar-refractivity contribution is 0.601. The van der Waals surface area contributed by atoms with Crippen LogP contribution in [0.1, 0.15) is 5.69 Å². The minimum absolute atomic E-state index is 0.156. The summed E-state index contributed by atoms with van der Waals surface area (Å²) < 4.78 is 27.2. The second-order valence-electron chi connectivity index (χ2n) is 5.77. The van der Waals surface area contributed by atoms with Crippen LogP contribution in [0.15, 0.2) is 65.0 Å². The van der Waals surface area contributed by atoms with Crippen molar-refractivity contribution in [3.05, 3.63) is 65.8 Å². The summed E-state index contributed by atoms with van der Waals surface area (Å²) >= 11 is 1.22. The largest absolute Gasteiger partial charge is 0.338 e. The fourth-order valence-electron chi connectivity index (χ4n) is 2.63. The Hall–Kier alpha value is -3.04. The molecule has 0 amide bonds. The average Bonchev–Trinajstić information content (AvgIpc) is 3.17. The number of fused-ring (bicyclic) bond motifs is 1. The van der Waals surface area contributed by atoms with E-state index in [4.69, 9.17) is 0 Å². The summed E-state index contributed by atoms with van der Waals surface area (Å²) in [5.41, 5.74) is 1.57. The maximum Gasteiger partial charge on any atom is 0.263 e. The number of sulfonamides is 1. The summed E-state index contributed by atoms with van der Waals surface area (Å²) in [4.78, 5) is 4.09. The Morgan fingerprint density at radius 1 is 0.963 bits per heavy atom. The predicted octanol–water partition coefficient (Wildman–Crippen LogP) is 3.94. The zero-order valence-corrected chi connectivity index (χ0v) is 15.9. The normalized spacial score (nSPS) is 11.4. The molecule has 2 heterocycles. The van der Waals surface area contributed by atoms with Crippen molar-refractivity contribution in [3.63, 3.8) is 0 Å². The van der Waals surface area contributed by atoms with E-state index < -0.39 is 10.0 Å². The fourth-order valence-corrected chi connectivity index (χ4v) is 4.42. The van der Waals surface area contributed by atoms with Gasteiger partial charge in [-0.15, -0.1) is 16.4 Å². The molecule has 0 saturated heterocycles. The van der Waals surface area contributed by atoms with E-state index >= 15 is 0 Å². The lowest BCUT2D eigenvalue weighted by atomic mass is 10.1. The van der Waals surface area contributed by atoms with Crippen molar-refractivity contribution in [2.24, 2.45) is 0 Å². The second-order valence-corrected chi connectivity index (χ2v) is 8.35. The molecule has 4 aromatic rings. The molecule has 2 aromatic heterocycles. The maximum absolute atomic E-state index is 12.4. The van der Waals surface area contributed by atoms with Crippen molar-refractivity contribution in [2.75, 3.05) is 10.0 Å². The first kappa shape index (κ1) is 17.4. The van der Waals surface area contributed by atoms with E-state index in [9.17, 15) is 8.42 Å². The Morgan fingerprint density at radius 2 is 1.70 bits per heavy atom. The monoisotopic (exact) mass is 397 g/mol. The molecule has 0 spiro atoms. The van der Waals surface area contributed by atoms with Gasteiger partial charge in [-0.3, -0.25) is 4.72 Å². The van der Waals surface area contributed by atoms with Crippen LogP contribution in [0.2, 0.25) is 0 Å². The van der Waals surface area contributed by atoms with Gasteiger partial charge in [0.05, 0.1) is 10.6 Å². The number of benzene rings is 2. The van der Waals surface area contributed by atoms with Gasteiger partial charge >= 0.3 is 0 Å². The molecule has 0 aliphatic rings. The molecular formula is C18H15N5O2S2. The van der Waals surface area contributed by atoms with Crippen molar-refractivity contribution in [3.8, 4) is 0 Å². The van der Waals surface area contributed by atoms with Crippen molar-refractivity contribution in [2.45, 2.75) is 11.8 Å². The van der Waals surface area contributed by atoms with Gasteiger partial charge in [-0.05, 0) is 31.2 Å². The van der Waals surface area contributed by atoms with E-state index in [1.54, 1.807) is 23.7 Å². The predicted molar refractivity (Wildman–Crippen MR) is 107 cm³/mol. The second kappa shape index (κ2) is 6.93. The molecule has 7 nitrogen and oxygen atoms in total. The van der Waals surface area contributed by atoms with Gasteiger partial charge in [0.1, 0.15) is 0 Å². The third-order valence-corrected chi connectivity index (χ3v) is 6.13.